The molecule has 0 aliphatic heterocycles. The highest BCUT2D eigenvalue weighted by Crippen LogP contribution is 2.09. The van der Waals surface area contributed by atoms with Crippen LogP contribution in [0.5, 0.6) is 0 Å². The molecular weight excluding hydrogens is 575 g/mol. The van der Waals surface area contributed by atoms with E-state index in [0.29, 0.717) is 21.7 Å². The van der Waals surface area contributed by atoms with Crippen molar-refractivity contribution in [2.45, 2.75) is 140 Å². The number of H-pyrrole nitrogens is 1. The number of thiazole rings is 1. The van der Waals surface area contributed by atoms with E-state index in [2.05, 4.69) is 140 Å². The van der Waals surface area contributed by atoms with Crippen LogP contribution in [0.3, 0.4) is 0 Å². The topological polar surface area (TPSA) is 80.5 Å². The van der Waals surface area contributed by atoms with E-state index in [1.165, 1.54) is 12.7 Å². The number of oxazole rings is 1. The van der Waals surface area contributed by atoms with Gasteiger partial charge in [-0.3, -0.25) is 9.97 Å². The molecule has 0 spiro atoms. The first-order chi connectivity index (χ1) is 18.5. The number of rotatable bonds is 0. The smallest absolute Gasteiger partial charge is 0.180 e. The van der Waals surface area contributed by atoms with Gasteiger partial charge < -0.3 is 9.40 Å². The molecule has 0 aromatic carbocycles. The Hall–Kier alpha value is -2.80. The van der Waals surface area contributed by atoms with Gasteiger partial charge in [0.1, 0.15) is 6.26 Å². The number of nitrogens with zero attached hydrogens (tertiary/aromatic N) is 4. The maximum Gasteiger partial charge on any atom is 0.180 e. The lowest BCUT2D eigenvalue weighted by atomic mass is 10.0. The Morgan fingerprint density at radius 2 is 0.911 bits per heavy atom. The van der Waals surface area contributed by atoms with Gasteiger partial charge in [-0.05, 0) is 33.8 Å². The van der Waals surface area contributed by atoms with Crippen molar-refractivity contribution in [1.82, 2.24) is 24.9 Å². The molecule has 4 heterocycles. The number of hydrogen-bond acceptors (Lipinski definition) is 6. The molecule has 0 aliphatic rings. The van der Waals surface area contributed by atoms with Crippen LogP contribution in [-0.4, -0.2) is 24.9 Å². The van der Waals surface area contributed by atoms with Gasteiger partial charge in [-0.25, -0.2) is 9.97 Å². The molecule has 4 rings (SSSR count). The van der Waals surface area contributed by atoms with Crippen LogP contribution in [0.1, 0.15) is 140 Å². The Morgan fingerprint density at radius 3 is 1.00 bits per heavy atom. The molecule has 0 atom stereocenters. The van der Waals surface area contributed by atoms with Gasteiger partial charge in [-0.15, -0.1) is 11.3 Å². The predicted octanol–water partition coefficient (Wildman–Crippen LogP) is 14.1. The summed E-state index contributed by atoms with van der Waals surface area (Å²) in [6, 6.07) is 5.72. The van der Waals surface area contributed by atoms with Gasteiger partial charge in [0.25, 0.3) is 0 Å². The van der Waals surface area contributed by atoms with Crippen molar-refractivity contribution >= 4 is 11.3 Å². The highest BCUT2D eigenvalue weighted by Gasteiger charge is 1.97. The largest absolute Gasteiger partial charge is 0.452 e. The van der Waals surface area contributed by atoms with Crippen molar-refractivity contribution in [2.75, 3.05) is 0 Å². The van der Waals surface area contributed by atoms with Crippen molar-refractivity contribution in [3.63, 3.8) is 0 Å². The lowest BCUT2D eigenvalue weighted by Gasteiger charge is -2.05. The van der Waals surface area contributed by atoms with Crippen LogP contribution in [-0.2, 0) is 0 Å². The molecule has 45 heavy (non-hydrogen) atoms. The summed E-state index contributed by atoms with van der Waals surface area (Å²) in [7, 11) is 0. The summed E-state index contributed by atoms with van der Waals surface area (Å²) in [4.78, 5) is 17.5. The lowest BCUT2D eigenvalue weighted by molar-refractivity contribution is 0.469. The van der Waals surface area contributed by atoms with Gasteiger partial charge in [0.15, 0.2) is 6.39 Å². The zero-order chi connectivity index (χ0) is 32.8. The molecule has 7 heteroatoms. The minimum Gasteiger partial charge on any atom is -0.452 e. The molecule has 0 fully saturated rings. The monoisotopic (exact) mass is 654 g/mol. The van der Waals surface area contributed by atoms with E-state index in [0.717, 1.165) is 0 Å². The van der Waals surface area contributed by atoms with Gasteiger partial charge in [0.05, 0.1) is 18.0 Å². The maximum absolute atomic E-state index is 4.47. The number of aromatic amines is 1. The van der Waals surface area contributed by atoms with Crippen LogP contribution >= 0.6 is 11.3 Å². The first kappa shape index (κ1) is 61.2. The van der Waals surface area contributed by atoms with E-state index in [9.17, 15) is 0 Å². The first-order valence-corrected chi connectivity index (χ1v) is 14.9. The highest BCUT2D eigenvalue weighted by atomic mass is 32.1. The third-order valence-corrected chi connectivity index (χ3v) is 2.19. The molecule has 1 N–H and O–H groups in total. The second-order valence-corrected chi connectivity index (χ2v) is 15.9. The summed E-state index contributed by atoms with van der Waals surface area (Å²) in [5.41, 5.74) is 3.79. The number of imidazole rings is 1. The summed E-state index contributed by atoms with van der Waals surface area (Å²) < 4.78 is 4.47. The average molecular weight is 654 g/mol. The Balaban J connectivity index is -0.0000000573. The van der Waals surface area contributed by atoms with Gasteiger partial charge in [-0.2, -0.15) is 0 Å². The van der Waals surface area contributed by atoms with E-state index in [1.807, 2.05) is 23.6 Å². The number of aromatic nitrogens is 5. The predicted molar refractivity (Wildman–Crippen MR) is 209 cm³/mol. The van der Waals surface area contributed by atoms with Gasteiger partial charge >= 0.3 is 0 Å². The van der Waals surface area contributed by atoms with E-state index in [-0.39, 0.29) is 29.7 Å². The van der Waals surface area contributed by atoms with Crippen LogP contribution < -0.4 is 0 Å². The van der Waals surface area contributed by atoms with Crippen molar-refractivity contribution < 1.29 is 4.42 Å². The van der Waals surface area contributed by atoms with Crippen molar-refractivity contribution in [1.29, 1.82) is 0 Å². The van der Waals surface area contributed by atoms with Gasteiger partial charge in [-0.1, -0.05) is 147 Å². The Bertz CT molecular complexity index is 685. The summed E-state index contributed by atoms with van der Waals surface area (Å²) in [5.74, 6) is 0. The average Bonchev–Trinajstić information content (AvgIpc) is 3.59. The van der Waals surface area contributed by atoms with E-state index in [4.69, 9.17) is 0 Å². The van der Waals surface area contributed by atoms with E-state index >= 15 is 0 Å². The molecule has 0 radical (unpaired) electrons. The molecule has 0 aliphatic carbocycles. The third kappa shape index (κ3) is 191. The molecule has 0 bridgehead atoms. The number of nitrogens with one attached hydrogen (secondary N) is 1. The quantitative estimate of drug-likeness (QED) is 0.204. The third-order valence-electron chi connectivity index (χ3n) is 1.67. The summed E-state index contributed by atoms with van der Waals surface area (Å²) in [5, 5.41) is 1.93. The fourth-order valence-corrected chi connectivity index (χ4v) is 1.23. The normalized spacial score (nSPS) is 9.07. The molecule has 4 aromatic rings. The lowest BCUT2D eigenvalue weighted by Crippen LogP contribution is -1.93. The molecule has 4 aromatic heterocycles. The summed E-state index contributed by atoms with van der Waals surface area (Å²) >= 11 is 1.60. The van der Waals surface area contributed by atoms with Crippen LogP contribution in [0.2, 0.25) is 0 Å². The SMILES string of the molecule is C.C.C.C.CC(C)(C)C.CC(C)(C)C.CC(C)(C)C.CC(C)(C)C.c1c[nH]cn1.c1ccncc1.c1cocn1.c1cscn1. The van der Waals surface area contributed by atoms with Crippen LogP contribution in [0.4, 0.5) is 0 Å². The second-order valence-electron chi connectivity index (χ2n) is 15.1. The first-order valence-electron chi connectivity index (χ1n) is 13.9. The molecule has 0 unspecified atom stereocenters. The molecule has 0 amide bonds. The zero-order valence-electron chi connectivity index (χ0n) is 29.2. The molecule has 0 saturated carbocycles. The number of hydrogen-bond donors (Lipinski definition) is 1. The zero-order valence-corrected chi connectivity index (χ0v) is 30.0. The van der Waals surface area contributed by atoms with Crippen molar-refractivity contribution in [3.05, 3.63) is 85.3 Å². The molecule has 6 nitrogen and oxygen atoms in total. The van der Waals surface area contributed by atoms with Crippen LogP contribution in [0.15, 0.2) is 89.7 Å². The fraction of sp³-hybridized carbons (Fsp3) is 0.632. The summed E-state index contributed by atoms with van der Waals surface area (Å²) in [6.07, 6.45) is 14.8. The fourth-order valence-electron chi connectivity index (χ4n) is 0.879. The highest BCUT2D eigenvalue weighted by molar-refractivity contribution is 7.07. The molecule has 268 valence electrons. The van der Waals surface area contributed by atoms with Gasteiger partial charge in [0.2, 0.25) is 0 Å². The molecule has 0 saturated heterocycles. The molecular formula is C38H79N5OS. The van der Waals surface area contributed by atoms with Gasteiger partial charge in [0, 0.05) is 36.4 Å². The number of pyridine rings is 1. The summed E-state index contributed by atoms with van der Waals surface area (Å²) in [6.45, 7) is 35.0. The van der Waals surface area contributed by atoms with E-state index in [1.54, 1.807) is 60.4 Å². The van der Waals surface area contributed by atoms with Crippen LogP contribution in [0.25, 0.3) is 0 Å². The van der Waals surface area contributed by atoms with Crippen molar-refractivity contribution in [2.24, 2.45) is 21.7 Å². The maximum atomic E-state index is 4.47. The Morgan fingerprint density at radius 1 is 0.489 bits per heavy atom. The Kier molecular flexibility index (Phi) is 50.9. The van der Waals surface area contributed by atoms with E-state index < -0.39 is 0 Å². The standard InChI is InChI=1S/C5H5N.4C5H12.C3H4N2.C3H3NO.C3H3NS.4CH4/c1-2-4-6-5-3-1;4*1-5(2,3)4;3*1-2-5-3-4-1;;;;/h1-5H;4*1-4H3;1-3H,(H,4,5);2*1-3H;4*1H4. The Labute approximate surface area is 287 Å². The van der Waals surface area contributed by atoms with Crippen molar-refractivity contribution in [3.8, 4) is 0 Å². The van der Waals surface area contributed by atoms with Crippen LogP contribution in [0, 0.1) is 21.7 Å². The second kappa shape index (κ2) is 37.4. The minimum atomic E-state index is 0. The minimum absolute atomic E-state index is 0.